The van der Waals surface area contributed by atoms with Crippen LogP contribution < -0.4 is 11.2 Å². The van der Waals surface area contributed by atoms with Crippen LogP contribution in [0.15, 0.2) is 27.8 Å². The number of aromatic nitrogens is 3. The van der Waals surface area contributed by atoms with E-state index in [0.29, 0.717) is 17.4 Å². The Bertz CT molecular complexity index is 658. The molecule has 0 aliphatic carbocycles. The Balaban J connectivity index is 1.94. The molecule has 0 aliphatic rings. The molecule has 0 bridgehead atoms. The number of aryl methyl sites for hydroxylation is 2. The molecule has 0 saturated carbocycles. The van der Waals surface area contributed by atoms with E-state index in [9.17, 15) is 4.79 Å². The lowest BCUT2D eigenvalue weighted by Crippen LogP contribution is -2.17. The molecule has 1 heterocycles. The van der Waals surface area contributed by atoms with Crippen molar-refractivity contribution in [3.63, 3.8) is 0 Å². The van der Waals surface area contributed by atoms with Gasteiger partial charge < -0.3 is 11.2 Å². The quantitative estimate of drug-likeness (QED) is 0.623. The zero-order valence-corrected chi connectivity index (χ0v) is 14.2. The average molecular weight is 370 g/mol. The van der Waals surface area contributed by atoms with E-state index < -0.39 is 0 Å². The number of hydrogen-bond donors (Lipinski definition) is 2. The van der Waals surface area contributed by atoms with Crippen LogP contribution in [0.1, 0.15) is 18.3 Å². The fraction of sp³-hybridized carbons (Fsp3) is 0.308. The molecule has 1 aromatic heterocycles. The molecular formula is C13H16BrN5OS. The van der Waals surface area contributed by atoms with E-state index in [-0.39, 0.29) is 11.7 Å². The second kappa shape index (κ2) is 6.95. The minimum atomic E-state index is -0.105. The molecule has 0 atom stereocenters. The van der Waals surface area contributed by atoms with Gasteiger partial charge in [0, 0.05) is 16.6 Å². The molecule has 2 rings (SSSR count). The summed E-state index contributed by atoms with van der Waals surface area (Å²) in [6, 6.07) is 5.70. The summed E-state index contributed by atoms with van der Waals surface area (Å²) in [5, 5.41) is 11.3. The molecule has 6 nitrogen and oxygen atoms in total. The van der Waals surface area contributed by atoms with Gasteiger partial charge in [-0.15, -0.1) is 10.2 Å². The van der Waals surface area contributed by atoms with Crippen LogP contribution in [0.4, 0.5) is 5.69 Å². The minimum absolute atomic E-state index is 0.105. The van der Waals surface area contributed by atoms with Gasteiger partial charge in [0.05, 0.1) is 5.75 Å². The first kappa shape index (κ1) is 15.8. The highest BCUT2D eigenvalue weighted by molar-refractivity contribution is 9.10. The molecular weight excluding hydrogens is 354 g/mol. The first-order valence-electron chi connectivity index (χ1n) is 6.39. The van der Waals surface area contributed by atoms with Crippen molar-refractivity contribution in [2.24, 2.45) is 0 Å². The molecule has 0 radical (unpaired) electrons. The third kappa shape index (κ3) is 3.98. The Morgan fingerprint density at radius 1 is 1.48 bits per heavy atom. The van der Waals surface area contributed by atoms with Crippen molar-refractivity contribution >= 4 is 39.3 Å². The van der Waals surface area contributed by atoms with Crippen LogP contribution in [0.2, 0.25) is 0 Å². The molecule has 3 N–H and O–H groups in total. The summed E-state index contributed by atoms with van der Waals surface area (Å²) in [4.78, 5) is 12.0. The first-order valence-corrected chi connectivity index (χ1v) is 8.17. The maximum Gasteiger partial charge on any atom is 0.234 e. The third-order valence-corrected chi connectivity index (χ3v) is 4.28. The van der Waals surface area contributed by atoms with E-state index in [4.69, 9.17) is 5.84 Å². The van der Waals surface area contributed by atoms with Gasteiger partial charge in [-0.1, -0.05) is 34.6 Å². The largest absolute Gasteiger partial charge is 0.336 e. The number of nitrogens with one attached hydrogen (secondary N) is 1. The van der Waals surface area contributed by atoms with Crippen LogP contribution >= 0.6 is 27.7 Å². The number of amides is 1. The lowest BCUT2D eigenvalue weighted by Gasteiger charge is -2.08. The summed E-state index contributed by atoms with van der Waals surface area (Å²) in [6.45, 7) is 3.89. The maximum atomic E-state index is 12.0. The highest BCUT2D eigenvalue weighted by Crippen LogP contribution is 2.21. The van der Waals surface area contributed by atoms with Crippen molar-refractivity contribution < 1.29 is 4.79 Å². The summed E-state index contributed by atoms with van der Waals surface area (Å²) in [7, 11) is 0. The van der Waals surface area contributed by atoms with Gasteiger partial charge in [0.2, 0.25) is 11.1 Å². The van der Waals surface area contributed by atoms with Crippen molar-refractivity contribution in [1.82, 2.24) is 14.9 Å². The van der Waals surface area contributed by atoms with Crippen LogP contribution in [-0.2, 0) is 11.2 Å². The molecule has 112 valence electrons. The van der Waals surface area contributed by atoms with Crippen molar-refractivity contribution in [2.75, 3.05) is 16.9 Å². The number of rotatable bonds is 5. The SMILES string of the molecule is CCc1nnc(SCC(=O)Nc2ccc(Br)cc2C)n1N. The highest BCUT2D eigenvalue weighted by Gasteiger charge is 2.11. The number of nitrogens with zero attached hydrogens (tertiary/aromatic N) is 3. The Kier molecular flexibility index (Phi) is 5.24. The van der Waals surface area contributed by atoms with Crippen molar-refractivity contribution in [2.45, 2.75) is 25.4 Å². The average Bonchev–Trinajstić information content (AvgIpc) is 2.80. The monoisotopic (exact) mass is 369 g/mol. The van der Waals surface area contributed by atoms with E-state index >= 15 is 0 Å². The molecule has 2 aromatic rings. The molecule has 0 unspecified atom stereocenters. The van der Waals surface area contributed by atoms with Crippen molar-refractivity contribution in [1.29, 1.82) is 0 Å². The smallest absolute Gasteiger partial charge is 0.234 e. The lowest BCUT2D eigenvalue weighted by molar-refractivity contribution is -0.113. The maximum absolute atomic E-state index is 12.0. The third-order valence-electron chi connectivity index (χ3n) is 2.85. The number of hydrogen-bond acceptors (Lipinski definition) is 5. The zero-order chi connectivity index (χ0) is 15.4. The first-order chi connectivity index (χ1) is 10.0. The second-order valence-electron chi connectivity index (χ2n) is 4.42. The lowest BCUT2D eigenvalue weighted by atomic mass is 10.2. The summed E-state index contributed by atoms with van der Waals surface area (Å²) in [5.41, 5.74) is 1.80. The summed E-state index contributed by atoms with van der Waals surface area (Å²) >= 11 is 4.65. The summed E-state index contributed by atoms with van der Waals surface area (Å²) < 4.78 is 2.40. The fourth-order valence-corrected chi connectivity index (χ4v) is 2.88. The number of thioether (sulfide) groups is 1. The molecule has 0 fully saturated rings. The van der Waals surface area contributed by atoms with Crippen LogP contribution in [0.5, 0.6) is 0 Å². The van der Waals surface area contributed by atoms with E-state index in [0.717, 1.165) is 15.7 Å². The van der Waals surface area contributed by atoms with Crippen molar-refractivity contribution in [3.05, 3.63) is 34.1 Å². The van der Waals surface area contributed by atoms with E-state index in [1.165, 1.54) is 16.4 Å². The molecule has 0 spiro atoms. The molecule has 0 aliphatic heterocycles. The number of carbonyl (C=O) groups is 1. The standard InChI is InChI=1S/C13H16BrN5OS/c1-3-11-17-18-13(19(11)15)21-7-12(20)16-10-5-4-9(14)6-8(10)2/h4-6H,3,7,15H2,1-2H3,(H,16,20). The predicted octanol–water partition coefficient (Wildman–Crippen LogP) is 2.36. The molecule has 8 heteroatoms. The van der Waals surface area contributed by atoms with Gasteiger partial charge >= 0.3 is 0 Å². The van der Waals surface area contributed by atoms with Crippen LogP contribution in [0.3, 0.4) is 0 Å². The predicted molar refractivity (Wildman–Crippen MR) is 87.8 cm³/mol. The summed E-state index contributed by atoms with van der Waals surface area (Å²) in [5.74, 6) is 6.65. The van der Waals surface area contributed by atoms with Crippen LogP contribution in [0.25, 0.3) is 0 Å². The van der Waals surface area contributed by atoms with Crippen LogP contribution in [0, 0.1) is 6.92 Å². The Morgan fingerprint density at radius 2 is 2.24 bits per heavy atom. The molecule has 1 aromatic carbocycles. The Morgan fingerprint density at radius 3 is 2.86 bits per heavy atom. The Hall–Kier alpha value is -1.54. The van der Waals surface area contributed by atoms with Gasteiger partial charge in [-0.05, 0) is 30.7 Å². The van der Waals surface area contributed by atoms with Crippen molar-refractivity contribution in [3.8, 4) is 0 Å². The van der Waals surface area contributed by atoms with E-state index in [1.54, 1.807) is 0 Å². The van der Waals surface area contributed by atoms with Crippen LogP contribution in [-0.4, -0.2) is 26.5 Å². The van der Waals surface area contributed by atoms with Gasteiger partial charge in [0.1, 0.15) is 0 Å². The number of benzene rings is 1. The minimum Gasteiger partial charge on any atom is -0.336 e. The van der Waals surface area contributed by atoms with E-state index in [1.807, 2.05) is 32.0 Å². The molecule has 1 amide bonds. The molecule has 0 saturated heterocycles. The van der Waals surface area contributed by atoms with Gasteiger partial charge in [-0.25, -0.2) is 4.68 Å². The highest BCUT2D eigenvalue weighted by atomic mass is 79.9. The number of carbonyl (C=O) groups excluding carboxylic acids is 1. The number of halogens is 1. The van der Waals surface area contributed by atoms with Gasteiger partial charge in [0.15, 0.2) is 5.82 Å². The van der Waals surface area contributed by atoms with Gasteiger partial charge in [-0.3, -0.25) is 4.79 Å². The number of nitrogens with two attached hydrogens (primary N) is 1. The van der Waals surface area contributed by atoms with Gasteiger partial charge in [0.25, 0.3) is 0 Å². The normalized spacial score (nSPS) is 10.6. The summed E-state index contributed by atoms with van der Waals surface area (Å²) in [6.07, 6.45) is 0.703. The van der Waals surface area contributed by atoms with E-state index in [2.05, 4.69) is 31.4 Å². The topological polar surface area (TPSA) is 85.8 Å². The second-order valence-corrected chi connectivity index (χ2v) is 6.28. The number of nitrogen functional groups attached to an aromatic ring is 1. The number of anilines is 1. The fourth-order valence-electron chi connectivity index (χ4n) is 1.73. The molecule has 21 heavy (non-hydrogen) atoms. The Labute approximate surface area is 135 Å². The zero-order valence-electron chi connectivity index (χ0n) is 11.8. The van der Waals surface area contributed by atoms with Gasteiger partial charge in [-0.2, -0.15) is 0 Å².